The van der Waals surface area contributed by atoms with Gasteiger partial charge in [0.15, 0.2) is 5.13 Å². The number of nitrogens with zero attached hydrogens (tertiary/aromatic N) is 5. The number of thiazole rings is 1. The van der Waals surface area contributed by atoms with Crippen LogP contribution in [0.3, 0.4) is 0 Å². The molecule has 13 heteroatoms. The predicted octanol–water partition coefficient (Wildman–Crippen LogP) is 3.25. The van der Waals surface area contributed by atoms with Crippen LogP contribution in [-0.4, -0.2) is 70.3 Å². The van der Waals surface area contributed by atoms with Crippen LogP contribution in [0.15, 0.2) is 47.3 Å². The Hall–Kier alpha value is -3.77. The fourth-order valence-electron chi connectivity index (χ4n) is 4.23. The normalized spacial score (nSPS) is 15.5. The molecular formula is C26H31ClN8O3S. The Kier molecular flexibility index (Phi) is 9.31. The molecule has 0 aromatic carbocycles. The van der Waals surface area contributed by atoms with Crippen LogP contribution in [-0.2, 0) is 9.59 Å². The number of aryl methyl sites for hydroxylation is 1. The Morgan fingerprint density at radius 2 is 1.95 bits per heavy atom. The van der Waals surface area contributed by atoms with Gasteiger partial charge >= 0.3 is 0 Å². The van der Waals surface area contributed by atoms with E-state index in [4.69, 9.17) is 11.6 Å². The lowest BCUT2D eigenvalue weighted by Crippen LogP contribution is -2.49. The van der Waals surface area contributed by atoms with E-state index in [0.29, 0.717) is 65.0 Å². The van der Waals surface area contributed by atoms with E-state index in [-0.39, 0.29) is 30.7 Å². The number of rotatable bonds is 9. The Bertz CT molecular complexity index is 1330. The number of piperazine rings is 1. The Morgan fingerprint density at radius 1 is 1.18 bits per heavy atom. The number of anilines is 3. The van der Waals surface area contributed by atoms with Crippen LogP contribution in [0.25, 0.3) is 0 Å². The average molecular weight is 571 g/mol. The zero-order chi connectivity index (χ0) is 27.9. The predicted molar refractivity (Wildman–Crippen MR) is 152 cm³/mol. The highest BCUT2D eigenvalue weighted by molar-refractivity contribution is 7.17. The second-order valence-corrected chi connectivity index (χ2v) is 10.6. The van der Waals surface area contributed by atoms with Crippen LogP contribution in [0.4, 0.5) is 16.8 Å². The van der Waals surface area contributed by atoms with E-state index in [0.717, 1.165) is 17.8 Å². The van der Waals surface area contributed by atoms with Crippen molar-refractivity contribution in [3.05, 3.63) is 58.0 Å². The Balaban J connectivity index is 1.34. The van der Waals surface area contributed by atoms with Gasteiger partial charge < -0.3 is 25.8 Å². The number of halogens is 1. The second kappa shape index (κ2) is 12.9. The third kappa shape index (κ3) is 7.42. The minimum absolute atomic E-state index is 0.00271. The molecule has 11 nitrogen and oxygen atoms in total. The first-order valence-corrected chi connectivity index (χ1v) is 13.8. The number of nitrogens with one attached hydrogen (secondary N) is 3. The minimum atomic E-state index is -0.289. The van der Waals surface area contributed by atoms with Gasteiger partial charge in [-0.2, -0.15) is 0 Å². The van der Waals surface area contributed by atoms with E-state index in [1.807, 2.05) is 19.9 Å². The number of carbonyl (C=O) groups excluding carboxylic acids is 3. The highest BCUT2D eigenvalue weighted by Gasteiger charge is 2.23. The van der Waals surface area contributed by atoms with E-state index < -0.39 is 0 Å². The van der Waals surface area contributed by atoms with E-state index in [1.54, 1.807) is 4.90 Å². The lowest BCUT2D eigenvalue weighted by Gasteiger charge is -2.35. The SMILES string of the molecule is C=CC(=O)NCCC(=O)N1CCN(c2cc(Nc3ncc(C(=O)NC4=C(Cl)CCC=C4C)s3)nc(C)n2)CC1. The third-order valence-electron chi connectivity index (χ3n) is 6.29. The lowest BCUT2D eigenvalue weighted by atomic mass is 10.0. The summed E-state index contributed by atoms with van der Waals surface area (Å²) in [5.74, 6) is 1.33. The van der Waals surface area contributed by atoms with Gasteiger partial charge in [0, 0.05) is 50.2 Å². The molecule has 1 aliphatic carbocycles. The molecule has 1 aliphatic heterocycles. The first kappa shape index (κ1) is 28.2. The molecule has 3 amide bonds. The maximum absolute atomic E-state index is 12.8. The average Bonchev–Trinajstić information content (AvgIpc) is 3.39. The minimum Gasteiger partial charge on any atom is -0.353 e. The Morgan fingerprint density at radius 3 is 2.67 bits per heavy atom. The Labute approximate surface area is 236 Å². The third-order valence-corrected chi connectivity index (χ3v) is 7.58. The van der Waals surface area contributed by atoms with E-state index in [9.17, 15) is 14.4 Å². The summed E-state index contributed by atoms with van der Waals surface area (Å²) in [6, 6.07) is 1.83. The summed E-state index contributed by atoms with van der Waals surface area (Å²) in [5.41, 5.74) is 1.61. The summed E-state index contributed by atoms with van der Waals surface area (Å²) in [6.45, 7) is 9.77. The molecule has 206 valence electrons. The van der Waals surface area contributed by atoms with Gasteiger partial charge in [-0.15, -0.1) is 0 Å². The monoisotopic (exact) mass is 570 g/mol. The first-order valence-electron chi connectivity index (χ1n) is 12.6. The zero-order valence-corrected chi connectivity index (χ0v) is 23.5. The van der Waals surface area contributed by atoms with Crippen molar-refractivity contribution >= 4 is 57.4 Å². The highest BCUT2D eigenvalue weighted by atomic mass is 35.5. The molecule has 0 radical (unpaired) electrons. The summed E-state index contributed by atoms with van der Waals surface area (Å²) >= 11 is 7.54. The molecule has 0 bridgehead atoms. The lowest BCUT2D eigenvalue weighted by molar-refractivity contribution is -0.131. The van der Waals surface area contributed by atoms with Crippen LogP contribution in [0.5, 0.6) is 0 Å². The number of aromatic nitrogens is 3. The molecule has 0 saturated carbocycles. The molecule has 1 saturated heterocycles. The molecule has 0 spiro atoms. The van der Waals surface area contributed by atoms with Crippen LogP contribution in [0.1, 0.15) is 41.7 Å². The fourth-order valence-corrected chi connectivity index (χ4v) is 5.25. The second-order valence-electron chi connectivity index (χ2n) is 9.09. The maximum Gasteiger partial charge on any atom is 0.267 e. The molecule has 4 rings (SSSR count). The first-order chi connectivity index (χ1) is 18.7. The number of hydrogen-bond donors (Lipinski definition) is 3. The molecule has 2 aromatic heterocycles. The number of allylic oxidation sites excluding steroid dienone is 3. The summed E-state index contributed by atoms with van der Waals surface area (Å²) in [7, 11) is 0. The van der Waals surface area contributed by atoms with Gasteiger partial charge in [-0.1, -0.05) is 35.6 Å². The van der Waals surface area contributed by atoms with Gasteiger partial charge in [0.25, 0.3) is 5.91 Å². The molecule has 3 heterocycles. The molecule has 0 atom stereocenters. The topological polar surface area (TPSA) is 132 Å². The van der Waals surface area contributed by atoms with Crippen LogP contribution in [0, 0.1) is 6.92 Å². The molecule has 0 unspecified atom stereocenters. The summed E-state index contributed by atoms with van der Waals surface area (Å²) in [4.78, 5) is 54.2. The van der Waals surface area contributed by atoms with Crippen molar-refractivity contribution in [2.45, 2.75) is 33.1 Å². The molecule has 3 N–H and O–H groups in total. The molecular weight excluding hydrogens is 540 g/mol. The summed E-state index contributed by atoms with van der Waals surface area (Å²) in [5, 5.41) is 9.88. The van der Waals surface area contributed by atoms with Crippen LogP contribution < -0.4 is 20.9 Å². The van der Waals surface area contributed by atoms with Crippen molar-refractivity contribution in [1.29, 1.82) is 0 Å². The largest absolute Gasteiger partial charge is 0.353 e. The van der Waals surface area contributed by atoms with E-state index >= 15 is 0 Å². The van der Waals surface area contributed by atoms with Crippen LogP contribution in [0.2, 0.25) is 0 Å². The van der Waals surface area contributed by atoms with Crippen molar-refractivity contribution in [3.8, 4) is 0 Å². The van der Waals surface area contributed by atoms with Crippen molar-refractivity contribution < 1.29 is 14.4 Å². The number of amides is 3. The van der Waals surface area contributed by atoms with Gasteiger partial charge in [0.05, 0.1) is 11.9 Å². The van der Waals surface area contributed by atoms with Gasteiger partial charge in [-0.05, 0) is 38.3 Å². The van der Waals surface area contributed by atoms with Gasteiger partial charge in [-0.3, -0.25) is 14.4 Å². The standard InChI is InChI=1S/C26H31ClN8O3S/c1-4-22(36)28-9-8-23(37)35-12-10-34(11-13-35)21-14-20(30-17(3)31-21)32-26-29-15-19(39-26)25(38)33-24-16(2)6-5-7-18(24)27/h4,6,14-15H,1,5,7-13H2,2-3H3,(H,28,36)(H,33,38)(H,29,30,31,32). The summed E-state index contributed by atoms with van der Waals surface area (Å²) in [6.07, 6.45) is 6.58. The van der Waals surface area contributed by atoms with Crippen molar-refractivity contribution in [2.24, 2.45) is 0 Å². The van der Waals surface area contributed by atoms with E-state index in [1.165, 1.54) is 23.6 Å². The number of hydrogen-bond acceptors (Lipinski definition) is 9. The zero-order valence-electron chi connectivity index (χ0n) is 21.9. The highest BCUT2D eigenvalue weighted by Crippen LogP contribution is 2.28. The van der Waals surface area contributed by atoms with Gasteiger partial charge in [-0.25, -0.2) is 15.0 Å². The maximum atomic E-state index is 12.8. The molecule has 1 fully saturated rings. The molecule has 2 aliphatic rings. The van der Waals surface area contributed by atoms with Crippen molar-refractivity contribution in [1.82, 2.24) is 30.5 Å². The smallest absolute Gasteiger partial charge is 0.267 e. The van der Waals surface area contributed by atoms with Crippen molar-refractivity contribution in [3.63, 3.8) is 0 Å². The molecule has 39 heavy (non-hydrogen) atoms. The van der Waals surface area contributed by atoms with Gasteiger partial charge in [0.1, 0.15) is 22.3 Å². The van der Waals surface area contributed by atoms with E-state index in [2.05, 4.69) is 48.5 Å². The van der Waals surface area contributed by atoms with Crippen molar-refractivity contribution in [2.75, 3.05) is 42.9 Å². The quantitative estimate of drug-likeness (QED) is 0.391. The number of carbonyl (C=O) groups is 3. The van der Waals surface area contributed by atoms with Crippen LogP contribution >= 0.6 is 22.9 Å². The molecule has 2 aromatic rings. The summed E-state index contributed by atoms with van der Waals surface area (Å²) < 4.78 is 0. The van der Waals surface area contributed by atoms with Gasteiger partial charge in [0.2, 0.25) is 11.8 Å². The fraction of sp³-hybridized carbons (Fsp3) is 0.385.